The molecule has 8 heteroatoms. The Morgan fingerprint density at radius 3 is 2.74 bits per heavy atom. The second-order valence-corrected chi connectivity index (χ2v) is 7.13. The first-order valence-electron chi connectivity index (χ1n) is 10.3. The van der Waals surface area contributed by atoms with Crippen molar-refractivity contribution in [1.82, 2.24) is 30.3 Å². The van der Waals surface area contributed by atoms with Gasteiger partial charge in [0.15, 0.2) is 11.8 Å². The van der Waals surface area contributed by atoms with Crippen LogP contribution in [0.15, 0.2) is 4.99 Å². The molecule has 8 nitrogen and oxygen atoms in total. The third kappa shape index (κ3) is 7.10. The van der Waals surface area contributed by atoms with Gasteiger partial charge < -0.3 is 20.3 Å². The number of nitrogens with zero attached hydrogens (tertiary/aromatic N) is 5. The molecule has 2 rings (SSSR count). The number of nitrogens with one attached hydrogen (secondary N) is 2. The van der Waals surface area contributed by atoms with Crippen molar-refractivity contribution in [2.45, 2.75) is 65.1 Å². The highest BCUT2D eigenvalue weighted by Crippen LogP contribution is 2.13. The molecule has 0 amide bonds. The third-order valence-corrected chi connectivity index (χ3v) is 4.76. The summed E-state index contributed by atoms with van der Waals surface area (Å²) in [6.07, 6.45) is 5.52. The summed E-state index contributed by atoms with van der Waals surface area (Å²) in [6, 6.07) is 0.317. The molecule has 0 saturated heterocycles. The zero-order valence-corrected chi connectivity index (χ0v) is 17.5. The lowest BCUT2D eigenvalue weighted by atomic mass is 10.1. The lowest BCUT2D eigenvalue weighted by Crippen LogP contribution is -2.47. The summed E-state index contributed by atoms with van der Waals surface area (Å²) < 4.78 is 7.13. The minimum absolute atomic E-state index is 0.317. The van der Waals surface area contributed by atoms with Gasteiger partial charge in [-0.25, -0.2) is 9.67 Å². The van der Waals surface area contributed by atoms with Gasteiger partial charge in [-0.1, -0.05) is 13.8 Å². The van der Waals surface area contributed by atoms with Crippen molar-refractivity contribution in [2.24, 2.45) is 4.99 Å². The van der Waals surface area contributed by atoms with Crippen LogP contribution in [-0.2, 0) is 24.3 Å². The monoisotopic (exact) mass is 379 g/mol. The molecule has 2 N–H and O–H groups in total. The van der Waals surface area contributed by atoms with E-state index in [0.717, 1.165) is 56.5 Å². The van der Waals surface area contributed by atoms with Gasteiger partial charge in [0, 0.05) is 33.2 Å². The van der Waals surface area contributed by atoms with Gasteiger partial charge in [-0.3, -0.25) is 4.99 Å². The van der Waals surface area contributed by atoms with Crippen LogP contribution >= 0.6 is 0 Å². The van der Waals surface area contributed by atoms with E-state index < -0.39 is 0 Å². The smallest absolute Gasteiger partial charge is 0.191 e. The second kappa shape index (κ2) is 11.9. The minimum atomic E-state index is 0.317. The SMILES string of the molecule is CCCN(CCC)CCCNC(=NC)NC1CCc2nc(COC)nn2C1. The number of ether oxygens (including phenoxy) is 1. The minimum Gasteiger partial charge on any atom is -0.377 e. The maximum absolute atomic E-state index is 5.13. The predicted octanol–water partition coefficient (Wildman–Crippen LogP) is 1.42. The standard InChI is InChI=1S/C19H37N7O/c1-5-11-25(12-6-2)13-7-10-21-19(20-3)22-16-8-9-18-23-17(15-27-4)24-26(18)14-16/h16H,5-15H2,1-4H3,(H2,20,21,22). The second-order valence-electron chi connectivity index (χ2n) is 7.13. The van der Waals surface area contributed by atoms with Gasteiger partial charge in [0.05, 0.1) is 6.54 Å². The summed E-state index contributed by atoms with van der Waals surface area (Å²) in [6.45, 7) is 10.2. The number of aryl methyl sites for hydroxylation is 1. The summed E-state index contributed by atoms with van der Waals surface area (Å²) in [5.41, 5.74) is 0. The van der Waals surface area contributed by atoms with E-state index in [4.69, 9.17) is 4.74 Å². The largest absolute Gasteiger partial charge is 0.377 e. The molecular weight excluding hydrogens is 342 g/mol. The number of fused-ring (bicyclic) bond motifs is 1. The number of hydrogen-bond acceptors (Lipinski definition) is 5. The van der Waals surface area contributed by atoms with Crippen LogP contribution in [0.4, 0.5) is 0 Å². The van der Waals surface area contributed by atoms with E-state index in [0.29, 0.717) is 12.6 Å². The average Bonchev–Trinajstić information content (AvgIpc) is 3.06. The Morgan fingerprint density at radius 1 is 1.30 bits per heavy atom. The molecule has 1 unspecified atom stereocenters. The molecule has 0 spiro atoms. The Balaban J connectivity index is 1.73. The van der Waals surface area contributed by atoms with Crippen molar-refractivity contribution in [3.63, 3.8) is 0 Å². The average molecular weight is 380 g/mol. The molecule has 0 aliphatic carbocycles. The molecule has 154 valence electrons. The molecule has 0 fully saturated rings. The van der Waals surface area contributed by atoms with Crippen LogP contribution in [0.3, 0.4) is 0 Å². The fourth-order valence-corrected chi connectivity index (χ4v) is 3.53. The van der Waals surface area contributed by atoms with Crippen molar-refractivity contribution < 1.29 is 4.74 Å². The van der Waals surface area contributed by atoms with Crippen LogP contribution in [-0.4, -0.2) is 72.0 Å². The molecule has 0 bridgehead atoms. The lowest BCUT2D eigenvalue weighted by Gasteiger charge is -2.25. The molecule has 1 aliphatic rings. The maximum Gasteiger partial charge on any atom is 0.191 e. The van der Waals surface area contributed by atoms with E-state index in [1.165, 1.54) is 25.9 Å². The van der Waals surface area contributed by atoms with E-state index >= 15 is 0 Å². The topological polar surface area (TPSA) is 79.6 Å². The van der Waals surface area contributed by atoms with Gasteiger partial charge >= 0.3 is 0 Å². The molecule has 1 aliphatic heterocycles. The number of methoxy groups -OCH3 is 1. The van der Waals surface area contributed by atoms with E-state index in [1.54, 1.807) is 7.11 Å². The van der Waals surface area contributed by atoms with Gasteiger partial charge in [0.1, 0.15) is 12.4 Å². The maximum atomic E-state index is 5.13. The molecule has 0 aromatic carbocycles. The summed E-state index contributed by atoms with van der Waals surface area (Å²) in [4.78, 5) is 11.5. The van der Waals surface area contributed by atoms with Gasteiger partial charge in [0.2, 0.25) is 0 Å². The van der Waals surface area contributed by atoms with Crippen LogP contribution < -0.4 is 10.6 Å². The summed E-state index contributed by atoms with van der Waals surface area (Å²) in [5.74, 6) is 2.69. The van der Waals surface area contributed by atoms with E-state index in [9.17, 15) is 0 Å². The van der Waals surface area contributed by atoms with Gasteiger partial charge in [-0.05, 0) is 45.3 Å². The first-order valence-corrected chi connectivity index (χ1v) is 10.3. The fraction of sp³-hybridized carbons (Fsp3) is 0.842. The molecule has 2 heterocycles. The molecule has 1 atom stereocenters. The fourth-order valence-electron chi connectivity index (χ4n) is 3.53. The Hall–Kier alpha value is -1.67. The molecule has 27 heavy (non-hydrogen) atoms. The zero-order chi connectivity index (χ0) is 19.5. The van der Waals surface area contributed by atoms with Gasteiger partial charge in [-0.15, -0.1) is 0 Å². The normalized spacial score (nSPS) is 17.2. The van der Waals surface area contributed by atoms with Gasteiger partial charge in [0.25, 0.3) is 0 Å². The summed E-state index contributed by atoms with van der Waals surface area (Å²) >= 11 is 0. The number of hydrogen-bond donors (Lipinski definition) is 2. The highest BCUT2D eigenvalue weighted by atomic mass is 16.5. The molecule has 1 aromatic rings. The zero-order valence-electron chi connectivity index (χ0n) is 17.5. The van der Waals surface area contributed by atoms with Crippen LogP contribution in [0, 0.1) is 0 Å². The van der Waals surface area contributed by atoms with Crippen molar-refractivity contribution >= 4 is 5.96 Å². The number of aliphatic imine (C=N–C) groups is 1. The van der Waals surface area contributed by atoms with Gasteiger partial charge in [-0.2, -0.15) is 5.10 Å². The van der Waals surface area contributed by atoms with Crippen molar-refractivity contribution in [2.75, 3.05) is 40.3 Å². The van der Waals surface area contributed by atoms with Crippen LogP contribution in [0.2, 0.25) is 0 Å². The van der Waals surface area contributed by atoms with Crippen molar-refractivity contribution in [3.05, 3.63) is 11.6 Å². The van der Waals surface area contributed by atoms with E-state index in [1.807, 2.05) is 11.7 Å². The molecule has 0 radical (unpaired) electrons. The Kier molecular flexibility index (Phi) is 9.55. The molecule has 1 aromatic heterocycles. The first kappa shape index (κ1) is 21.6. The van der Waals surface area contributed by atoms with Crippen molar-refractivity contribution in [3.8, 4) is 0 Å². The molecular formula is C19H37N7O. The van der Waals surface area contributed by atoms with Crippen LogP contribution in [0.25, 0.3) is 0 Å². The highest BCUT2D eigenvalue weighted by Gasteiger charge is 2.22. The van der Waals surface area contributed by atoms with Crippen molar-refractivity contribution in [1.29, 1.82) is 0 Å². The van der Waals surface area contributed by atoms with Crippen LogP contribution in [0.1, 0.15) is 51.2 Å². The molecule has 0 saturated carbocycles. The predicted molar refractivity (Wildman–Crippen MR) is 109 cm³/mol. The quantitative estimate of drug-likeness (QED) is 0.344. The lowest BCUT2D eigenvalue weighted by molar-refractivity contribution is 0.177. The highest BCUT2D eigenvalue weighted by molar-refractivity contribution is 5.79. The number of rotatable bonds is 11. The third-order valence-electron chi connectivity index (χ3n) is 4.76. The number of aromatic nitrogens is 3. The summed E-state index contributed by atoms with van der Waals surface area (Å²) in [5, 5.41) is 11.5. The Morgan fingerprint density at radius 2 is 2.07 bits per heavy atom. The summed E-state index contributed by atoms with van der Waals surface area (Å²) in [7, 11) is 3.50. The Labute approximate surface area is 163 Å². The van der Waals surface area contributed by atoms with Crippen LogP contribution in [0.5, 0.6) is 0 Å². The Bertz CT molecular complexity index is 566. The van der Waals surface area contributed by atoms with E-state index in [-0.39, 0.29) is 0 Å². The number of guanidine groups is 1. The van der Waals surface area contributed by atoms with E-state index in [2.05, 4.69) is 44.5 Å². The first-order chi connectivity index (χ1) is 13.2.